The first-order valence-corrected chi connectivity index (χ1v) is 12.7. The van der Waals surface area contributed by atoms with Crippen LogP contribution in [0.15, 0.2) is 35.1 Å². The van der Waals surface area contributed by atoms with Crippen molar-refractivity contribution in [3.63, 3.8) is 0 Å². The zero-order valence-electron chi connectivity index (χ0n) is 20.4. The van der Waals surface area contributed by atoms with Crippen molar-refractivity contribution in [2.75, 3.05) is 32.8 Å². The second-order valence-corrected chi connectivity index (χ2v) is 10.1. The van der Waals surface area contributed by atoms with E-state index in [-0.39, 0.29) is 23.5 Å². The van der Waals surface area contributed by atoms with E-state index in [0.29, 0.717) is 79.8 Å². The van der Waals surface area contributed by atoms with E-state index < -0.39 is 17.3 Å². The Hall–Kier alpha value is -3.79. The molecule has 3 heterocycles. The van der Waals surface area contributed by atoms with Gasteiger partial charge in [0.2, 0.25) is 5.91 Å². The number of carbonyl (C=O) groups is 2. The molecule has 0 spiro atoms. The molecule has 2 aliphatic heterocycles. The molecule has 3 N–H and O–H groups in total. The maximum absolute atomic E-state index is 16.0. The Balaban J connectivity index is 1.28. The van der Waals surface area contributed by atoms with Crippen molar-refractivity contribution in [1.29, 1.82) is 0 Å². The van der Waals surface area contributed by atoms with Crippen molar-refractivity contribution in [1.82, 2.24) is 20.0 Å². The quantitative estimate of drug-likeness (QED) is 0.557. The number of halogens is 1. The molecule has 9 nitrogen and oxygen atoms in total. The first kappa shape index (κ1) is 23.6. The van der Waals surface area contributed by atoms with Crippen LogP contribution in [0.25, 0.3) is 10.8 Å². The number of nitrogens with zero attached hydrogens (tertiary/aromatic N) is 3. The van der Waals surface area contributed by atoms with Crippen LogP contribution in [0.2, 0.25) is 0 Å². The summed E-state index contributed by atoms with van der Waals surface area (Å²) in [4.78, 5) is 41.8. The van der Waals surface area contributed by atoms with E-state index in [2.05, 4.69) is 10.2 Å². The van der Waals surface area contributed by atoms with Gasteiger partial charge in [-0.1, -0.05) is 18.2 Å². The van der Waals surface area contributed by atoms with Crippen molar-refractivity contribution in [3.8, 4) is 5.75 Å². The van der Waals surface area contributed by atoms with Gasteiger partial charge in [-0.15, -0.1) is 0 Å². The van der Waals surface area contributed by atoms with Crippen LogP contribution in [-0.2, 0) is 17.6 Å². The molecule has 3 aliphatic rings. The number of hydrogen-bond acceptors (Lipinski definition) is 6. The van der Waals surface area contributed by atoms with Gasteiger partial charge < -0.3 is 20.3 Å². The second kappa shape index (κ2) is 8.95. The first-order valence-electron chi connectivity index (χ1n) is 12.7. The van der Waals surface area contributed by atoms with Gasteiger partial charge in [-0.05, 0) is 42.5 Å². The Morgan fingerprint density at radius 3 is 2.51 bits per heavy atom. The highest BCUT2D eigenvalue weighted by Crippen LogP contribution is 2.36. The van der Waals surface area contributed by atoms with Crippen molar-refractivity contribution >= 4 is 22.6 Å². The number of benzene rings is 2. The molecule has 1 saturated carbocycles. The van der Waals surface area contributed by atoms with Gasteiger partial charge in [0.1, 0.15) is 17.1 Å². The van der Waals surface area contributed by atoms with Crippen LogP contribution in [-0.4, -0.2) is 70.1 Å². The zero-order chi connectivity index (χ0) is 25.7. The number of nitrogens with two attached hydrogens (primary N) is 1. The summed E-state index contributed by atoms with van der Waals surface area (Å²) < 4.78 is 21.7. The van der Waals surface area contributed by atoms with Gasteiger partial charge in [0.15, 0.2) is 0 Å². The molecule has 1 saturated heterocycles. The highest BCUT2D eigenvalue weighted by molar-refractivity contribution is 5.98. The van der Waals surface area contributed by atoms with Crippen LogP contribution in [0.5, 0.6) is 5.75 Å². The van der Waals surface area contributed by atoms with Crippen LogP contribution in [0.1, 0.15) is 46.4 Å². The monoisotopic (exact) mass is 505 g/mol. The third-order valence-corrected chi connectivity index (χ3v) is 7.86. The molecular weight excluding hydrogens is 477 g/mol. The third-order valence-electron chi connectivity index (χ3n) is 7.86. The van der Waals surface area contributed by atoms with Crippen LogP contribution in [0.4, 0.5) is 4.39 Å². The van der Waals surface area contributed by atoms with Gasteiger partial charge >= 0.3 is 0 Å². The first-order chi connectivity index (χ1) is 17.9. The highest BCUT2D eigenvalue weighted by Gasteiger charge is 2.43. The average Bonchev–Trinajstić information content (AvgIpc) is 3.36. The molecule has 1 aromatic heterocycles. The lowest BCUT2D eigenvalue weighted by atomic mass is 9.76. The number of ether oxygens (including phenoxy) is 1. The fourth-order valence-corrected chi connectivity index (χ4v) is 5.54. The Morgan fingerprint density at radius 2 is 1.81 bits per heavy atom. The number of amides is 2. The van der Waals surface area contributed by atoms with Crippen LogP contribution in [0, 0.1) is 5.82 Å². The predicted molar refractivity (Wildman–Crippen MR) is 134 cm³/mol. The van der Waals surface area contributed by atoms with Crippen LogP contribution < -0.4 is 16.0 Å². The second-order valence-electron chi connectivity index (χ2n) is 10.1. The lowest BCUT2D eigenvalue weighted by Gasteiger charge is -2.43. The number of piperazine rings is 1. The number of rotatable bonds is 4. The predicted octanol–water partition coefficient (Wildman–Crippen LogP) is 1.75. The van der Waals surface area contributed by atoms with Gasteiger partial charge in [-0.3, -0.25) is 14.4 Å². The molecule has 3 aromatic rings. The molecule has 0 atom stereocenters. The summed E-state index contributed by atoms with van der Waals surface area (Å²) in [5.74, 6) is -0.866. The number of nitrogens with one attached hydrogen (secondary N) is 1. The van der Waals surface area contributed by atoms with E-state index in [1.807, 2.05) is 0 Å². The number of fused-ring (bicyclic) bond motifs is 2. The Morgan fingerprint density at radius 1 is 1.11 bits per heavy atom. The summed E-state index contributed by atoms with van der Waals surface area (Å²) in [7, 11) is 0. The molecule has 6 rings (SSSR count). The normalized spacial score (nSPS) is 18.3. The fourth-order valence-electron chi connectivity index (χ4n) is 5.54. The minimum Gasteiger partial charge on any atom is -0.492 e. The number of aromatic nitrogens is 2. The molecule has 1 aliphatic carbocycles. The maximum Gasteiger partial charge on any atom is 0.272 e. The van der Waals surface area contributed by atoms with E-state index in [1.54, 1.807) is 40.1 Å². The molecular formula is C27H28FN5O4. The molecule has 192 valence electrons. The largest absolute Gasteiger partial charge is 0.492 e. The van der Waals surface area contributed by atoms with Gasteiger partial charge in [0.05, 0.1) is 23.2 Å². The smallest absolute Gasteiger partial charge is 0.272 e. The van der Waals surface area contributed by atoms with Gasteiger partial charge in [0, 0.05) is 44.4 Å². The van der Waals surface area contributed by atoms with E-state index in [9.17, 15) is 14.4 Å². The van der Waals surface area contributed by atoms with Gasteiger partial charge in [-0.25, -0.2) is 9.49 Å². The maximum atomic E-state index is 16.0. The van der Waals surface area contributed by atoms with Crippen molar-refractivity contribution in [3.05, 3.63) is 68.9 Å². The summed E-state index contributed by atoms with van der Waals surface area (Å²) >= 11 is 0. The SMILES string of the molecule is NC1(C(=O)N2CCN(C(=O)c3c(F)c(Cc4n[nH]c(=O)c5ccccc45)cc4c3OCC4)CC2)CCC1. The van der Waals surface area contributed by atoms with E-state index in [0.717, 1.165) is 12.0 Å². The molecule has 10 heteroatoms. The van der Waals surface area contributed by atoms with E-state index in [1.165, 1.54) is 0 Å². The van der Waals surface area contributed by atoms with Crippen LogP contribution >= 0.6 is 0 Å². The topological polar surface area (TPSA) is 122 Å². The zero-order valence-corrected chi connectivity index (χ0v) is 20.4. The molecule has 0 unspecified atom stereocenters. The number of H-pyrrole nitrogens is 1. The number of aromatic amines is 1. The minimum absolute atomic E-state index is 0.0659. The summed E-state index contributed by atoms with van der Waals surface area (Å²) in [6.07, 6.45) is 3.00. The standard InChI is InChI=1S/C27H28FN5O4/c28-22-17(15-20-18-4-1-2-5-19(18)24(34)31-30-20)14-16-6-13-37-23(16)21(22)25(35)32-9-11-33(12-10-32)26(36)27(29)7-3-8-27/h1-2,4-5,14H,3,6-13,15,29H2,(H,31,34). The van der Waals surface area contributed by atoms with E-state index >= 15 is 4.39 Å². The van der Waals surface area contributed by atoms with Crippen molar-refractivity contribution < 1.29 is 18.7 Å². The summed E-state index contributed by atoms with van der Waals surface area (Å²) in [6, 6.07) is 8.77. The fraction of sp³-hybridized carbons (Fsp3) is 0.407. The molecule has 37 heavy (non-hydrogen) atoms. The summed E-state index contributed by atoms with van der Waals surface area (Å²) in [5, 5.41) is 7.78. The highest BCUT2D eigenvalue weighted by atomic mass is 19.1. The number of hydrogen-bond donors (Lipinski definition) is 2. The molecule has 2 fully saturated rings. The van der Waals surface area contributed by atoms with Gasteiger partial charge in [0.25, 0.3) is 11.5 Å². The lowest BCUT2D eigenvalue weighted by Crippen LogP contribution is -2.62. The van der Waals surface area contributed by atoms with Crippen molar-refractivity contribution in [2.45, 2.75) is 37.6 Å². The average molecular weight is 506 g/mol. The Bertz CT molecular complexity index is 1470. The van der Waals surface area contributed by atoms with Gasteiger partial charge in [-0.2, -0.15) is 5.10 Å². The lowest BCUT2D eigenvalue weighted by molar-refractivity contribution is -0.141. The minimum atomic E-state index is -0.777. The molecule has 2 aromatic carbocycles. The molecule has 2 amide bonds. The Kier molecular flexibility index (Phi) is 5.71. The Labute approximate surface area is 212 Å². The molecule has 0 bridgehead atoms. The van der Waals surface area contributed by atoms with Crippen molar-refractivity contribution in [2.24, 2.45) is 5.73 Å². The summed E-state index contributed by atoms with van der Waals surface area (Å²) in [6.45, 7) is 1.69. The molecule has 0 radical (unpaired) electrons. The van der Waals surface area contributed by atoms with E-state index in [4.69, 9.17) is 10.5 Å². The van der Waals surface area contributed by atoms with Crippen LogP contribution in [0.3, 0.4) is 0 Å². The summed E-state index contributed by atoms with van der Waals surface area (Å²) in [5.41, 5.74) is 6.65. The third kappa shape index (κ3) is 3.96. The number of carbonyl (C=O) groups excluding carboxylic acids is 2.